The summed E-state index contributed by atoms with van der Waals surface area (Å²) in [4.78, 5) is 17.3. The van der Waals surface area contributed by atoms with Gasteiger partial charge in [0.25, 0.3) is 5.69 Å². The maximum atomic E-state index is 10.7. The van der Waals surface area contributed by atoms with Gasteiger partial charge >= 0.3 is 0 Å². The second-order valence-corrected chi connectivity index (χ2v) is 4.81. The molecule has 1 heterocycles. The number of nitro benzene ring substituents is 1. The molecule has 0 saturated heterocycles. The molecule has 0 aliphatic heterocycles. The number of benzene rings is 1. The molecular weight excluding hydrogens is 254 g/mol. The quantitative estimate of drug-likeness (QED) is 0.598. The summed E-state index contributed by atoms with van der Waals surface area (Å²) in [5.41, 5.74) is 1.91. The van der Waals surface area contributed by atoms with Crippen LogP contribution in [0.3, 0.4) is 0 Å². The van der Waals surface area contributed by atoms with Gasteiger partial charge in [-0.2, -0.15) is 0 Å². The van der Waals surface area contributed by atoms with E-state index in [1.165, 1.54) is 6.07 Å². The number of hydrogen-bond acceptors (Lipinski definition) is 4. The van der Waals surface area contributed by atoms with Crippen molar-refractivity contribution < 1.29 is 4.92 Å². The first-order valence-electron chi connectivity index (χ1n) is 6.90. The Morgan fingerprint density at radius 2 is 2.05 bits per heavy atom. The second kappa shape index (κ2) is 6.43. The summed E-state index contributed by atoms with van der Waals surface area (Å²) < 4.78 is 0. The number of non-ortho nitro benzene ring substituents is 1. The van der Waals surface area contributed by atoms with Crippen molar-refractivity contribution in [3.05, 3.63) is 46.1 Å². The highest BCUT2D eigenvalue weighted by atomic mass is 16.6. The number of pyridine rings is 1. The molecule has 0 unspecified atom stereocenters. The fourth-order valence-electron chi connectivity index (χ4n) is 2.25. The highest BCUT2D eigenvalue weighted by Gasteiger charge is 2.08. The molecule has 0 bridgehead atoms. The van der Waals surface area contributed by atoms with Crippen LogP contribution in [0.5, 0.6) is 0 Å². The number of aromatic nitrogens is 1. The SMILES string of the molecule is CCCN(CC)Cc1ccc2cc([N+](=O)[O-])ccc2n1. The minimum Gasteiger partial charge on any atom is -0.298 e. The summed E-state index contributed by atoms with van der Waals surface area (Å²) in [6, 6.07) is 8.64. The molecule has 0 saturated carbocycles. The van der Waals surface area contributed by atoms with Crippen LogP contribution in [-0.2, 0) is 6.54 Å². The zero-order valence-electron chi connectivity index (χ0n) is 11.9. The topological polar surface area (TPSA) is 59.3 Å². The first-order chi connectivity index (χ1) is 9.63. The monoisotopic (exact) mass is 273 g/mol. The molecule has 1 aromatic heterocycles. The lowest BCUT2D eigenvalue weighted by Crippen LogP contribution is -2.24. The van der Waals surface area contributed by atoms with Gasteiger partial charge in [-0.15, -0.1) is 0 Å². The van der Waals surface area contributed by atoms with Crippen LogP contribution in [0.2, 0.25) is 0 Å². The van der Waals surface area contributed by atoms with E-state index in [0.29, 0.717) is 0 Å². The Morgan fingerprint density at radius 1 is 1.25 bits per heavy atom. The fourth-order valence-corrected chi connectivity index (χ4v) is 2.25. The van der Waals surface area contributed by atoms with E-state index in [-0.39, 0.29) is 10.6 Å². The van der Waals surface area contributed by atoms with E-state index in [1.807, 2.05) is 12.1 Å². The lowest BCUT2D eigenvalue weighted by molar-refractivity contribution is -0.384. The Labute approximate surface area is 118 Å². The van der Waals surface area contributed by atoms with Crippen LogP contribution < -0.4 is 0 Å². The largest absolute Gasteiger partial charge is 0.298 e. The number of hydrogen-bond donors (Lipinski definition) is 0. The molecule has 5 heteroatoms. The molecule has 0 spiro atoms. The van der Waals surface area contributed by atoms with Gasteiger partial charge in [-0.25, -0.2) is 0 Å². The highest BCUT2D eigenvalue weighted by Crippen LogP contribution is 2.20. The Morgan fingerprint density at radius 3 is 2.70 bits per heavy atom. The van der Waals surface area contributed by atoms with Gasteiger partial charge in [0.2, 0.25) is 0 Å². The number of nitro groups is 1. The maximum Gasteiger partial charge on any atom is 0.270 e. The van der Waals surface area contributed by atoms with Crippen LogP contribution in [0.1, 0.15) is 26.0 Å². The highest BCUT2D eigenvalue weighted by molar-refractivity contribution is 5.81. The molecule has 2 aromatic rings. The second-order valence-electron chi connectivity index (χ2n) is 4.81. The van der Waals surface area contributed by atoms with E-state index in [4.69, 9.17) is 0 Å². The molecule has 0 radical (unpaired) electrons. The van der Waals surface area contributed by atoms with Crippen molar-refractivity contribution in [1.82, 2.24) is 9.88 Å². The van der Waals surface area contributed by atoms with Crippen LogP contribution in [0.15, 0.2) is 30.3 Å². The third-order valence-corrected chi connectivity index (χ3v) is 3.31. The lowest BCUT2D eigenvalue weighted by Gasteiger charge is -2.19. The van der Waals surface area contributed by atoms with Crippen molar-refractivity contribution in [3.8, 4) is 0 Å². The first-order valence-corrected chi connectivity index (χ1v) is 6.90. The molecule has 0 N–H and O–H groups in total. The first kappa shape index (κ1) is 14.4. The van der Waals surface area contributed by atoms with Gasteiger partial charge < -0.3 is 0 Å². The minimum atomic E-state index is -0.382. The zero-order chi connectivity index (χ0) is 14.5. The third-order valence-electron chi connectivity index (χ3n) is 3.31. The zero-order valence-corrected chi connectivity index (χ0v) is 11.9. The Balaban J connectivity index is 2.25. The normalized spacial score (nSPS) is 11.2. The molecule has 20 heavy (non-hydrogen) atoms. The number of rotatable bonds is 6. The van der Waals surface area contributed by atoms with E-state index in [9.17, 15) is 10.1 Å². The van der Waals surface area contributed by atoms with E-state index < -0.39 is 0 Å². The standard InChI is InChI=1S/C15H19N3O2/c1-3-9-17(4-2)11-13-6-5-12-10-14(18(19)20)7-8-15(12)16-13/h5-8,10H,3-4,9,11H2,1-2H3. The van der Waals surface area contributed by atoms with E-state index >= 15 is 0 Å². The van der Waals surface area contributed by atoms with Crippen molar-refractivity contribution in [2.75, 3.05) is 13.1 Å². The lowest BCUT2D eigenvalue weighted by atomic mass is 10.2. The number of fused-ring (bicyclic) bond motifs is 1. The molecule has 5 nitrogen and oxygen atoms in total. The van der Waals surface area contributed by atoms with E-state index in [2.05, 4.69) is 23.7 Å². The molecule has 0 aliphatic rings. The Kier molecular flexibility index (Phi) is 4.63. The van der Waals surface area contributed by atoms with Gasteiger partial charge in [0, 0.05) is 24.1 Å². The van der Waals surface area contributed by atoms with Crippen LogP contribution in [0, 0.1) is 10.1 Å². The summed E-state index contributed by atoms with van der Waals surface area (Å²) in [5, 5.41) is 11.6. The number of nitrogens with zero attached hydrogens (tertiary/aromatic N) is 3. The van der Waals surface area contributed by atoms with Gasteiger partial charge in [0.05, 0.1) is 16.1 Å². The molecule has 0 fully saturated rings. The van der Waals surface area contributed by atoms with E-state index in [1.54, 1.807) is 12.1 Å². The third kappa shape index (κ3) is 3.30. The van der Waals surface area contributed by atoms with Crippen molar-refractivity contribution in [1.29, 1.82) is 0 Å². The van der Waals surface area contributed by atoms with Gasteiger partial charge in [0.1, 0.15) is 0 Å². The summed E-state index contributed by atoms with van der Waals surface area (Å²) >= 11 is 0. The van der Waals surface area contributed by atoms with Gasteiger partial charge in [-0.3, -0.25) is 20.0 Å². The molecule has 2 rings (SSSR count). The molecule has 106 valence electrons. The van der Waals surface area contributed by atoms with Crippen molar-refractivity contribution in [3.63, 3.8) is 0 Å². The smallest absolute Gasteiger partial charge is 0.270 e. The average Bonchev–Trinajstić information content (AvgIpc) is 2.46. The summed E-state index contributed by atoms with van der Waals surface area (Å²) in [5.74, 6) is 0. The van der Waals surface area contributed by atoms with E-state index in [0.717, 1.165) is 42.7 Å². The van der Waals surface area contributed by atoms with Crippen LogP contribution in [0.4, 0.5) is 5.69 Å². The Bertz CT molecular complexity index is 613. The molecule has 1 aromatic carbocycles. The van der Waals surface area contributed by atoms with Crippen molar-refractivity contribution in [2.24, 2.45) is 0 Å². The van der Waals surface area contributed by atoms with Gasteiger partial charge in [-0.1, -0.05) is 19.9 Å². The van der Waals surface area contributed by atoms with Crippen molar-refractivity contribution >= 4 is 16.6 Å². The van der Waals surface area contributed by atoms with Crippen molar-refractivity contribution in [2.45, 2.75) is 26.8 Å². The predicted octanol–water partition coefficient (Wildman–Crippen LogP) is 3.37. The predicted molar refractivity (Wildman–Crippen MR) is 79.6 cm³/mol. The summed E-state index contributed by atoms with van der Waals surface area (Å²) in [6.07, 6.45) is 1.12. The molecule has 0 amide bonds. The maximum absolute atomic E-state index is 10.7. The minimum absolute atomic E-state index is 0.105. The van der Waals surface area contributed by atoms with Gasteiger partial charge in [-0.05, 0) is 31.6 Å². The van der Waals surface area contributed by atoms with Crippen LogP contribution in [0.25, 0.3) is 10.9 Å². The molecule has 0 atom stereocenters. The summed E-state index contributed by atoms with van der Waals surface area (Å²) in [7, 11) is 0. The van der Waals surface area contributed by atoms with Gasteiger partial charge in [0.15, 0.2) is 0 Å². The average molecular weight is 273 g/mol. The summed E-state index contributed by atoms with van der Waals surface area (Å²) in [6.45, 7) is 7.16. The van der Waals surface area contributed by atoms with Crippen LogP contribution in [-0.4, -0.2) is 27.9 Å². The fraction of sp³-hybridized carbons (Fsp3) is 0.400. The van der Waals surface area contributed by atoms with Crippen LogP contribution >= 0.6 is 0 Å². The molecule has 0 aliphatic carbocycles. The molecular formula is C15H19N3O2. The Hall–Kier alpha value is -2.01.